The van der Waals surface area contributed by atoms with Crippen molar-refractivity contribution in [1.29, 1.82) is 0 Å². The molecule has 16 heavy (non-hydrogen) atoms. The van der Waals surface area contributed by atoms with Gasteiger partial charge in [0.1, 0.15) is 0 Å². The summed E-state index contributed by atoms with van der Waals surface area (Å²) in [6.45, 7) is 2.64. The molecule has 8 heteroatoms. The number of rotatable bonds is 2. The zero-order valence-corrected chi connectivity index (χ0v) is 8.66. The van der Waals surface area contributed by atoms with Crippen LogP contribution in [0.5, 0.6) is 0 Å². The molecule has 0 saturated carbocycles. The second-order valence-electron chi connectivity index (χ2n) is 3.16. The van der Waals surface area contributed by atoms with Crippen molar-refractivity contribution in [3.63, 3.8) is 0 Å². The van der Waals surface area contributed by atoms with Crippen molar-refractivity contribution in [1.82, 2.24) is 16.1 Å². The third-order valence-corrected chi connectivity index (χ3v) is 1.81. The van der Waals surface area contributed by atoms with Crippen molar-refractivity contribution in [3.8, 4) is 0 Å². The molecule has 0 aromatic heterocycles. The van der Waals surface area contributed by atoms with Crippen LogP contribution in [-0.4, -0.2) is 29.5 Å². The molecular weight excluding hydrogens is 216 g/mol. The van der Waals surface area contributed by atoms with Crippen molar-refractivity contribution >= 4 is 29.5 Å². The van der Waals surface area contributed by atoms with E-state index >= 15 is 0 Å². The molecule has 1 saturated heterocycles. The Labute approximate surface area is 90.4 Å². The van der Waals surface area contributed by atoms with E-state index in [9.17, 15) is 19.2 Å². The van der Waals surface area contributed by atoms with E-state index in [1.54, 1.807) is 0 Å². The molecule has 0 atom stereocenters. The molecule has 3 N–H and O–H groups in total. The van der Waals surface area contributed by atoms with Crippen LogP contribution in [0.2, 0.25) is 0 Å². The van der Waals surface area contributed by atoms with E-state index in [0.29, 0.717) is 0 Å². The Morgan fingerprint density at radius 2 is 1.69 bits per heavy atom. The predicted molar refractivity (Wildman–Crippen MR) is 52.1 cm³/mol. The molecule has 86 valence electrons. The smallest absolute Gasteiger partial charge is 0.277 e. The molecule has 0 bridgehead atoms. The zero-order valence-electron chi connectivity index (χ0n) is 8.66. The first-order chi connectivity index (χ1) is 7.41. The maximum Gasteiger partial charge on any atom is 0.328 e. The lowest BCUT2D eigenvalue weighted by Crippen LogP contribution is -2.57. The number of amides is 5. The first-order valence-corrected chi connectivity index (χ1v) is 4.38. The summed E-state index contributed by atoms with van der Waals surface area (Å²) in [6.07, 6.45) is 0. The monoisotopic (exact) mass is 226 g/mol. The molecule has 1 aliphatic rings. The number of hydrazone groups is 1. The van der Waals surface area contributed by atoms with Crippen molar-refractivity contribution < 1.29 is 19.2 Å². The number of hydrogen-bond acceptors (Lipinski definition) is 5. The quantitative estimate of drug-likeness (QED) is 0.301. The first-order valence-electron chi connectivity index (χ1n) is 4.38. The minimum absolute atomic E-state index is 0.0951. The van der Waals surface area contributed by atoms with Gasteiger partial charge in [0.25, 0.3) is 0 Å². The van der Waals surface area contributed by atoms with E-state index in [0.717, 1.165) is 0 Å². The van der Waals surface area contributed by atoms with Crippen LogP contribution < -0.4 is 16.1 Å². The molecule has 1 heterocycles. The summed E-state index contributed by atoms with van der Waals surface area (Å²) < 4.78 is 0. The van der Waals surface area contributed by atoms with Gasteiger partial charge in [-0.15, -0.1) is 0 Å². The maximum atomic E-state index is 11.3. The molecule has 8 nitrogen and oxygen atoms in total. The van der Waals surface area contributed by atoms with Crippen LogP contribution in [0.4, 0.5) is 4.79 Å². The van der Waals surface area contributed by atoms with Crippen LogP contribution in [-0.2, 0) is 14.4 Å². The van der Waals surface area contributed by atoms with E-state index < -0.39 is 29.7 Å². The second-order valence-corrected chi connectivity index (χ2v) is 3.16. The fourth-order valence-electron chi connectivity index (χ4n) is 1.13. The van der Waals surface area contributed by atoms with E-state index in [1.807, 2.05) is 10.6 Å². The number of hydrogen-bond donors (Lipinski definition) is 3. The van der Waals surface area contributed by atoms with Crippen LogP contribution in [0.15, 0.2) is 5.10 Å². The van der Waals surface area contributed by atoms with Crippen LogP contribution >= 0.6 is 0 Å². The molecule has 0 aliphatic carbocycles. The van der Waals surface area contributed by atoms with Crippen LogP contribution in [0.1, 0.15) is 13.8 Å². The minimum atomic E-state index is -1.20. The lowest BCUT2D eigenvalue weighted by Gasteiger charge is -2.19. The molecular formula is C8H10N4O4. The molecule has 0 radical (unpaired) electrons. The molecule has 1 rings (SSSR count). The number of imide groups is 2. The fraction of sp³-hybridized carbons (Fsp3) is 0.375. The van der Waals surface area contributed by atoms with Gasteiger partial charge in [-0.05, 0) is 6.92 Å². The number of carbonyl (C=O) groups is 4. The van der Waals surface area contributed by atoms with Gasteiger partial charge in [0, 0.05) is 6.92 Å². The molecule has 0 aromatic rings. The highest BCUT2D eigenvalue weighted by molar-refractivity contribution is 6.27. The third kappa shape index (κ3) is 2.62. The van der Waals surface area contributed by atoms with Crippen LogP contribution in [0.25, 0.3) is 0 Å². The second kappa shape index (κ2) is 4.51. The molecule has 0 aromatic carbocycles. The molecule has 1 aliphatic heterocycles. The molecule has 5 amide bonds. The number of urea groups is 1. The Morgan fingerprint density at radius 1 is 1.19 bits per heavy atom. The standard InChI is InChI=1S/C8H10N4O4/c1-3(11-12-4(2)13)5-6(14)9-8(16)10-7(5)15/h5H,1-2H3,(H,12,13)(H2,9,10,14,15,16)/b11-3+. The summed E-state index contributed by atoms with van der Waals surface area (Å²) in [5.74, 6) is -3.16. The molecule has 0 spiro atoms. The molecule has 1 fully saturated rings. The predicted octanol–water partition coefficient (Wildman–Crippen LogP) is -1.52. The Bertz CT molecular complexity index is 381. The lowest BCUT2D eigenvalue weighted by molar-refractivity contribution is -0.133. The summed E-state index contributed by atoms with van der Waals surface area (Å²) in [6, 6.07) is -0.862. The minimum Gasteiger partial charge on any atom is -0.277 e. The summed E-state index contributed by atoms with van der Waals surface area (Å²) >= 11 is 0. The fourth-order valence-corrected chi connectivity index (χ4v) is 1.13. The average Bonchev–Trinajstić information content (AvgIpc) is 2.12. The maximum absolute atomic E-state index is 11.3. The highest BCUT2D eigenvalue weighted by Crippen LogP contribution is 2.04. The van der Waals surface area contributed by atoms with E-state index in [2.05, 4.69) is 10.5 Å². The van der Waals surface area contributed by atoms with Gasteiger partial charge in [0.2, 0.25) is 17.7 Å². The molecule has 0 unspecified atom stereocenters. The normalized spacial score (nSPS) is 17.9. The van der Waals surface area contributed by atoms with E-state index in [4.69, 9.17) is 0 Å². The Kier molecular flexibility index (Phi) is 3.33. The Morgan fingerprint density at radius 3 is 2.12 bits per heavy atom. The van der Waals surface area contributed by atoms with Gasteiger partial charge in [0.05, 0.1) is 5.71 Å². The van der Waals surface area contributed by atoms with Crippen molar-refractivity contribution in [2.75, 3.05) is 0 Å². The summed E-state index contributed by atoms with van der Waals surface area (Å²) in [5, 5.41) is 7.41. The van der Waals surface area contributed by atoms with Gasteiger partial charge in [-0.2, -0.15) is 5.10 Å². The van der Waals surface area contributed by atoms with Crippen molar-refractivity contribution in [2.45, 2.75) is 13.8 Å². The largest absolute Gasteiger partial charge is 0.328 e. The van der Waals surface area contributed by atoms with Crippen molar-refractivity contribution in [3.05, 3.63) is 0 Å². The number of barbiturate groups is 1. The van der Waals surface area contributed by atoms with Crippen LogP contribution in [0.3, 0.4) is 0 Å². The number of nitrogens with zero attached hydrogens (tertiary/aromatic N) is 1. The van der Waals surface area contributed by atoms with Gasteiger partial charge in [-0.3, -0.25) is 25.0 Å². The summed E-state index contributed by atoms with van der Waals surface area (Å²) in [5.41, 5.74) is 2.19. The van der Waals surface area contributed by atoms with Gasteiger partial charge >= 0.3 is 6.03 Å². The van der Waals surface area contributed by atoms with Gasteiger partial charge in [0.15, 0.2) is 5.92 Å². The highest BCUT2D eigenvalue weighted by atomic mass is 16.2. The topological polar surface area (TPSA) is 117 Å². The van der Waals surface area contributed by atoms with Gasteiger partial charge in [-0.1, -0.05) is 0 Å². The Hall–Kier alpha value is -2.25. The summed E-state index contributed by atoms with van der Waals surface area (Å²) in [7, 11) is 0. The van der Waals surface area contributed by atoms with Gasteiger partial charge in [-0.25, -0.2) is 10.2 Å². The average molecular weight is 226 g/mol. The third-order valence-electron chi connectivity index (χ3n) is 1.81. The SMILES string of the molecule is CC(=O)N/N=C(\C)C1C(=O)NC(=O)NC1=O. The lowest BCUT2D eigenvalue weighted by atomic mass is 10.0. The first kappa shape index (κ1) is 11.8. The van der Waals surface area contributed by atoms with Gasteiger partial charge < -0.3 is 0 Å². The van der Waals surface area contributed by atoms with Crippen LogP contribution in [0, 0.1) is 5.92 Å². The van der Waals surface area contributed by atoms with Crippen molar-refractivity contribution in [2.24, 2.45) is 11.0 Å². The van der Waals surface area contributed by atoms with E-state index in [-0.39, 0.29) is 5.71 Å². The number of carbonyl (C=O) groups excluding carboxylic acids is 4. The Balaban J connectivity index is 2.82. The summed E-state index contributed by atoms with van der Waals surface area (Å²) in [4.78, 5) is 43.9. The zero-order chi connectivity index (χ0) is 12.3. The highest BCUT2D eigenvalue weighted by Gasteiger charge is 2.36. The number of nitrogens with one attached hydrogen (secondary N) is 3. The van der Waals surface area contributed by atoms with E-state index in [1.165, 1.54) is 13.8 Å².